The van der Waals surface area contributed by atoms with Crippen molar-refractivity contribution in [2.45, 2.75) is 25.7 Å². The third-order valence-electron chi connectivity index (χ3n) is 5.07. The van der Waals surface area contributed by atoms with Crippen LogP contribution in [0.15, 0.2) is 36.7 Å². The maximum Gasteiger partial charge on any atom is 0.408 e. The van der Waals surface area contributed by atoms with E-state index in [2.05, 4.69) is 15.4 Å². The third kappa shape index (κ3) is 4.03. The third-order valence-corrected chi connectivity index (χ3v) is 5.07. The number of amides is 2. The number of hydrogen-bond donors (Lipinski definition) is 2. The van der Waals surface area contributed by atoms with Crippen LogP contribution in [-0.2, 0) is 18.4 Å². The molecule has 0 radical (unpaired) electrons. The first-order chi connectivity index (χ1) is 14.6. The number of nitrogens with zero attached hydrogens (tertiary/aromatic N) is 4. The summed E-state index contributed by atoms with van der Waals surface area (Å²) >= 11 is 0. The van der Waals surface area contributed by atoms with Crippen molar-refractivity contribution in [3.05, 3.63) is 47.8 Å². The number of carbonyl (C=O) groups excluding carboxylic acids is 2. The molecule has 1 atom stereocenters. The van der Waals surface area contributed by atoms with E-state index >= 15 is 0 Å². The Kier molecular flexibility index (Phi) is 5.03. The first-order valence-corrected chi connectivity index (χ1v) is 9.45. The van der Waals surface area contributed by atoms with E-state index in [1.54, 1.807) is 42.3 Å². The van der Waals surface area contributed by atoms with Crippen molar-refractivity contribution in [3.63, 3.8) is 0 Å². The van der Waals surface area contributed by atoms with Crippen LogP contribution in [0, 0.1) is 0 Å². The molecular weight excluding hydrogens is 413 g/mol. The zero-order chi connectivity index (χ0) is 22.3. The van der Waals surface area contributed by atoms with E-state index in [1.165, 1.54) is 4.90 Å². The molecule has 2 N–H and O–H groups in total. The van der Waals surface area contributed by atoms with E-state index in [-0.39, 0.29) is 6.54 Å². The molecule has 162 valence electrons. The van der Waals surface area contributed by atoms with E-state index in [4.69, 9.17) is 0 Å². The molecule has 2 aromatic heterocycles. The van der Waals surface area contributed by atoms with Crippen molar-refractivity contribution in [2.75, 3.05) is 11.9 Å². The molecule has 0 bridgehead atoms. The predicted molar refractivity (Wildman–Crippen MR) is 107 cm³/mol. The minimum absolute atomic E-state index is 0.136. The molecule has 4 rings (SSSR count). The number of anilines is 2. The number of carbonyl (C=O) groups is 2. The lowest BCUT2D eigenvalue weighted by atomic mass is 10.1. The van der Waals surface area contributed by atoms with Gasteiger partial charge in [0.1, 0.15) is 12.6 Å². The van der Waals surface area contributed by atoms with Gasteiger partial charge in [0.2, 0.25) is 5.91 Å². The van der Waals surface area contributed by atoms with E-state index in [0.29, 0.717) is 28.1 Å². The highest BCUT2D eigenvalue weighted by molar-refractivity contribution is 6.05. The minimum Gasteiger partial charge on any atom is -0.354 e. The molecule has 31 heavy (non-hydrogen) atoms. The molecule has 0 saturated carbocycles. The number of benzene rings is 1. The summed E-state index contributed by atoms with van der Waals surface area (Å²) in [6, 6.07) is 5.08. The summed E-state index contributed by atoms with van der Waals surface area (Å²) in [6.07, 6.45) is -1.25. The summed E-state index contributed by atoms with van der Waals surface area (Å²) in [5.74, 6) is -1.30. The molecule has 2 amide bonds. The van der Waals surface area contributed by atoms with Crippen LogP contribution in [-0.4, -0.2) is 50.2 Å². The maximum absolute atomic E-state index is 12.9. The number of aromatic nitrogens is 3. The quantitative estimate of drug-likeness (QED) is 0.647. The van der Waals surface area contributed by atoms with Crippen molar-refractivity contribution in [1.29, 1.82) is 0 Å². The lowest BCUT2D eigenvalue weighted by Crippen LogP contribution is -2.47. The molecule has 0 aliphatic carbocycles. The van der Waals surface area contributed by atoms with E-state index in [9.17, 15) is 22.8 Å². The van der Waals surface area contributed by atoms with Crippen molar-refractivity contribution in [1.82, 2.24) is 25.0 Å². The normalized spacial score (nSPS) is 14.6. The van der Waals surface area contributed by atoms with E-state index in [1.807, 2.05) is 11.4 Å². The van der Waals surface area contributed by atoms with Crippen molar-refractivity contribution in [3.8, 4) is 0 Å². The number of nitrogens with one attached hydrogen (secondary N) is 2. The van der Waals surface area contributed by atoms with Gasteiger partial charge in [0.05, 0.1) is 29.3 Å². The lowest BCUT2D eigenvalue weighted by molar-refractivity contribution is -0.158. The smallest absolute Gasteiger partial charge is 0.354 e. The van der Waals surface area contributed by atoms with Crippen LogP contribution in [0.1, 0.15) is 22.8 Å². The highest BCUT2D eigenvalue weighted by Gasteiger charge is 2.38. The number of rotatable bonds is 5. The zero-order valence-electron chi connectivity index (χ0n) is 16.7. The van der Waals surface area contributed by atoms with Gasteiger partial charge in [-0.15, -0.1) is 0 Å². The number of halogens is 3. The molecule has 0 fully saturated rings. The van der Waals surface area contributed by atoms with Gasteiger partial charge in [-0.05, 0) is 24.6 Å². The standard InChI is InChI=1S/C20H19F3N6O2/c1-11(20(21,22)23)26-16(30)10-29-9-12-4-3-5-15(17(12)19(29)31)27-14-6-13-7-25-28(2)18(13)24-8-14/h3-8,11,27H,9-10H2,1-2H3,(H,26,30). The fraction of sp³-hybridized carbons (Fsp3) is 0.300. The molecule has 11 heteroatoms. The van der Waals surface area contributed by atoms with Crippen LogP contribution in [0.2, 0.25) is 0 Å². The summed E-state index contributed by atoms with van der Waals surface area (Å²) in [4.78, 5) is 30.5. The van der Waals surface area contributed by atoms with Crippen LogP contribution in [0.3, 0.4) is 0 Å². The molecule has 1 unspecified atom stereocenters. The second kappa shape index (κ2) is 7.56. The molecule has 3 aromatic rings. The van der Waals surface area contributed by atoms with Gasteiger partial charge in [-0.3, -0.25) is 14.3 Å². The Morgan fingerprint density at radius 2 is 2.06 bits per heavy atom. The molecule has 0 spiro atoms. The topological polar surface area (TPSA) is 92.2 Å². The lowest BCUT2D eigenvalue weighted by Gasteiger charge is -2.20. The molecule has 8 nitrogen and oxygen atoms in total. The molecule has 1 aliphatic heterocycles. The Morgan fingerprint density at radius 1 is 1.29 bits per heavy atom. The van der Waals surface area contributed by atoms with Crippen LogP contribution in [0.4, 0.5) is 24.5 Å². The van der Waals surface area contributed by atoms with Crippen LogP contribution in [0.25, 0.3) is 11.0 Å². The molecule has 1 aromatic carbocycles. The first-order valence-electron chi connectivity index (χ1n) is 9.45. The van der Waals surface area contributed by atoms with Gasteiger partial charge in [-0.2, -0.15) is 18.3 Å². The average molecular weight is 432 g/mol. The van der Waals surface area contributed by atoms with Crippen molar-refractivity contribution < 1.29 is 22.8 Å². The SMILES string of the molecule is CC(NC(=O)CN1Cc2cccc(Nc3cnc4c(cnn4C)c3)c2C1=O)C(F)(F)F. The average Bonchev–Trinajstić information content (AvgIpc) is 3.21. The van der Waals surface area contributed by atoms with Crippen molar-refractivity contribution in [2.24, 2.45) is 7.05 Å². The van der Waals surface area contributed by atoms with Gasteiger partial charge < -0.3 is 15.5 Å². The van der Waals surface area contributed by atoms with Crippen LogP contribution in [0.5, 0.6) is 0 Å². The zero-order valence-corrected chi connectivity index (χ0v) is 16.7. The summed E-state index contributed by atoms with van der Waals surface area (Å²) < 4.78 is 39.6. The number of alkyl halides is 3. The second-order valence-corrected chi connectivity index (χ2v) is 7.36. The monoisotopic (exact) mass is 432 g/mol. The highest BCUT2D eigenvalue weighted by atomic mass is 19.4. The van der Waals surface area contributed by atoms with Crippen LogP contribution >= 0.6 is 0 Å². The predicted octanol–water partition coefficient (Wildman–Crippen LogP) is 2.73. The Labute approximate surface area is 175 Å². The fourth-order valence-electron chi connectivity index (χ4n) is 3.46. The van der Waals surface area contributed by atoms with E-state index < -0.39 is 30.6 Å². The summed E-state index contributed by atoms with van der Waals surface area (Å²) in [7, 11) is 1.78. The molecule has 3 heterocycles. The summed E-state index contributed by atoms with van der Waals surface area (Å²) in [5, 5.41) is 10.0. The highest BCUT2D eigenvalue weighted by Crippen LogP contribution is 2.31. The fourth-order valence-corrected chi connectivity index (χ4v) is 3.46. The Hall–Kier alpha value is -3.63. The van der Waals surface area contributed by atoms with Crippen LogP contribution < -0.4 is 10.6 Å². The van der Waals surface area contributed by atoms with Gasteiger partial charge in [0.15, 0.2) is 5.65 Å². The minimum atomic E-state index is -4.55. The van der Waals surface area contributed by atoms with E-state index in [0.717, 1.165) is 12.3 Å². The Bertz CT molecular complexity index is 1170. The molecule has 0 saturated heterocycles. The molecule has 1 aliphatic rings. The van der Waals surface area contributed by atoms with Gasteiger partial charge in [0.25, 0.3) is 5.91 Å². The maximum atomic E-state index is 12.9. The molecular formula is C20H19F3N6O2. The second-order valence-electron chi connectivity index (χ2n) is 7.36. The number of hydrogen-bond acceptors (Lipinski definition) is 5. The van der Waals surface area contributed by atoms with Gasteiger partial charge in [0, 0.05) is 19.0 Å². The summed E-state index contributed by atoms with van der Waals surface area (Å²) in [5.41, 5.74) is 2.95. The number of pyridine rings is 1. The Balaban J connectivity index is 1.51. The Morgan fingerprint density at radius 3 is 2.81 bits per heavy atom. The van der Waals surface area contributed by atoms with Gasteiger partial charge in [-0.1, -0.05) is 12.1 Å². The van der Waals surface area contributed by atoms with Gasteiger partial charge >= 0.3 is 6.18 Å². The first kappa shape index (κ1) is 20.6. The van der Waals surface area contributed by atoms with Crippen molar-refractivity contribution >= 4 is 34.2 Å². The van der Waals surface area contributed by atoms with Gasteiger partial charge in [-0.25, -0.2) is 4.98 Å². The number of fused-ring (bicyclic) bond motifs is 2. The largest absolute Gasteiger partial charge is 0.408 e. The number of aryl methyl sites for hydroxylation is 1. The summed E-state index contributed by atoms with van der Waals surface area (Å²) in [6.45, 7) is 0.529.